The van der Waals surface area contributed by atoms with E-state index in [-0.39, 0.29) is 0 Å². The fraction of sp³-hybridized carbons (Fsp3) is 0.667. The molecule has 0 aliphatic heterocycles. The third-order valence-corrected chi connectivity index (χ3v) is 4.02. The van der Waals surface area contributed by atoms with Gasteiger partial charge in [-0.05, 0) is 26.2 Å². The lowest BCUT2D eigenvalue weighted by molar-refractivity contribution is 0.112. The summed E-state index contributed by atoms with van der Waals surface area (Å²) in [5.74, 6) is 0.353. The summed E-state index contributed by atoms with van der Waals surface area (Å²) in [6.45, 7) is 8.46. The lowest BCUT2D eigenvalue weighted by Gasteiger charge is -2.19. The average Bonchev–Trinajstić information content (AvgIpc) is 2.70. The fourth-order valence-electron chi connectivity index (χ4n) is 1.33. The second kappa shape index (κ2) is 5.43. The van der Waals surface area contributed by atoms with Crippen LogP contribution in [0.25, 0.3) is 0 Å². The SMILES string of the molecule is CCC(C)c1nc(N(C)C(C)C)sc1C=O. The minimum Gasteiger partial charge on any atom is -0.349 e. The van der Waals surface area contributed by atoms with Gasteiger partial charge in [-0.25, -0.2) is 4.98 Å². The quantitative estimate of drug-likeness (QED) is 0.740. The lowest BCUT2D eigenvalue weighted by Crippen LogP contribution is -2.25. The van der Waals surface area contributed by atoms with E-state index in [1.807, 2.05) is 7.05 Å². The molecule has 0 saturated carbocycles. The largest absolute Gasteiger partial charge is 0.349 e. The molecule has 1 aromatic rings. The first-order valence-electron chi connectivity index (χ1n) is 5.69. The van der Waals surface area contributed by atoms with Crippen LogP contribution in [0.3, 0.4) is 0 Å². The van der Waals surface area contributed by atoms with Crippen molar-refractivity contribution in [1.82, 2.24) is 4.98 Å². The molecule has 0 amide bonds. The molecule has 0 fully saturated rings. The van der Waals surface area contributed by atoms with E-state index in [1.165, 1.54) is 11.3 Å². The highest BCUT2D eigenvalue weighted by atomic mass is 32.1. The molecule has 4 heteroatoms. The molecule has 0 aromatic carbocycles. The Morgan fingerprint density at radius 2 is 2.06 bits per heavy atom. The fourth-order valence-corrected chi connectivity index (χ4v) is 2.43. The number of carbonyl (C=O) groups excluding carboxylic acids is 1. The van der Waals surface area contributed by atoms with Gasteiger partial charge < -0.3 is 4.90 Å². The van der Waals surface area contributed by atoms with Crippen LogP contribution < -0.4 is 4.90 Å². The monoisotopic (exact) mass is 240 g/mol. The number of hydrogen-bond acceptors (Lipinski definition) is 4. The van der Waals surface area contributed by atoms with Crippen molar-refractivity contribution in [2.45, 2.75) is 46.1 Å². The molecule has 0 radical (unpaired) electrons. The van der Waals surface area contributed by atoms with E-state index < -0.39 is 0 Å². The van der Waals surface area contributed by atoms with E-state index in [2.05, 4.69) is 37.6 Å². The van der Waals surface area contributed by atoms with Gasteiger partial charge in [-0.2, -0.15) is 0 Å². The maximum atomic E-state index is 11.0. The van der Waals surface area contributed by atoms with Crippen molar-refractivity contribution in [2.24, 2.45) is 0 Å². The molecule has 1 heterocycles. The molecule has 1 unspecified atom stereocenters. The number of hydrogen-bond donors (Lipinski definition) is 0. The first kappa shape index (κ1) is 13.2. The predicted molar refractivity (Wildman–Crippen MR) is 69.7 cm³/mol. The van der Waals surface area contributed by atoms with Gasteiger partial charge in [0.1, 0.15) is 0 Å². The summed E-state index contributed by atoms with van der Waals surface area (Å²) in [5.41, 5.74) is 0.949. The summed E-state index contributed by atoms with van der Waals surface area (Å²) in [6.07, 6.45) is 1.94. The van der Waals surface area contributed by atoms with Crippen LogP contribution in [0.15, 0.2) is 0 Å². The summed E-state index contributed by atoms with van der Waals surface area (Å²) in [4.78, 5) is 18.5. The summed E-state index contributed by atoms with van der Waals surface area (Å²) in [5, 5.41) is 0.937. The normalized spacial score (nSPS) is 12.9. The summed E-state index contributed by atoms with van der Waals surface area (Å²) < 4.78 is 0. The summed E-state index contributed by atoms with van der Waals surface area (Å²) in [7, 11) is 2.01. The summed E-state index contributed by atoms with van der Waals surface area (Å²) in [6, 6.07) is 0.399. The number of carbonyl (C=O) groups is 1. The third kappa shape index (κ3) is 2.61. The Morgan fingerprint density at radius 1 is 1.44 bits per heavy atom. The highest BCUT2D eigenvalue weighted by Crippen LogP contribution is 2.31. The molecule has 0 saturated heterocycles. The van der Waals surface area contributed by atoms with E-state index in [4.69, 9.17) is 0 Å². The number of thiazole rings is 1. The Bertz CT molecular complexity index is 360. The van der Waals surface area contributed by atoms with Gasteiger partial charge in [-0.3, -0.25) is 4.79 Å². The van der Waals surface area contributed by atoms with Crippen molar-refractivity contribution in [3.63, 3.8) is 0 Å². The highest BCUT2D eigenvalue weighted by Gasteiger charge is 2.18. The maximum absolute atomic E-state index is 11.0. The maximum Gasteiger partial charge on any atom is 0.186 e. The smallest absolute Gasteiger partial charge is 0.186 e. The van der Waals surface area contributed by atoms with Crippen molar-refractivity contribution in [3.05, 3.63) is 10.6 Å². The van der Waals surface area contributed by atoms with Crippen LogP contribution in [0.2, 0.25) is 0 Å². The van der Waals surface area contributed by atoms with Gasteiger partial charge in [-0.1, -0.05) is 25.2 Å². The number of nitrogens with zero attached hydrogens (tertiary/aromatic N) is 2. The molecular formula is C12H20N2OS. The lowest BCUT2D eigenvalue weighted by atomic mass is 10.0. The zero-order valence-electron chi connectivity index (χ0n) is 10.7. The van der Waals surface area contributed by atoms with E-state index >= 15 is 0 Å². The Morgan fingerprint density at radius 3 is 2.50 bits per heavy atom. The van der Waals surface area contributed by atoms with E-state index in [0.717, 1.165) is 28.4 Å². The van der Waals surface area contributed by atoms with Gasteiger partial charge in [-0.15, -0.1) is 0 Å². The Kier molecular flexibility index (Phi) is 4.47. The van der Waals surface area contributed by atoms with E-state index in [9.17, 15) is 4.79 Å². The number of anilines is 1. The standard InChI is InChI=1S/C12H20N2OS/c1-6-9(4)11-10(7-15)16-12(13-11)14(5)8(2)3/h7-9H,6H2,1-5H3. The molecule has 0 aliphatic rings. The van der Waals surface area contributed by atoms with Gasteiger partial charge in [0.2, 0.25) is 0 Å². The minimum atomic E-state index is 0.353. The topological polar surface area (TPSA) is 33.2 Å². The Labute approximate surface area is 101 Å². The van der Waals surface area contributed by atoms with Crippen molar-refractivity contribution in [3.8, 4) is 0 Å². The van der Waals surface area contributed by atoms with Crippen LogP contribution in [0.4, 0.5) is 5.13 Å². The third-order valence-electron chi connectivity index (χ3n) is 2.93. The van der Waals surface area contributed by atoms with Crippen molar-refractivity contribution in [2.75, 3.05) is 11.9 Å². The number of rotatable bonds is 5. The first-order chi connectivity index (χ1) is 7.51. The van der Waals surface area contributed by atoms with Crippen LogP contribution in [-0.4, -0.2) is 24.4 Å². The Balaban J connectivity index is 3.07. The molecular weight excluding hydrogens is 220 g/mol. The second-order valence-electron chi connectivity index (χ2n) is 4.38. The van der Waals surface area contributed by atoms with Crippen LogP contribution in [-0.2, 0) is 0 Å². The van der Waals surface area contributed by atoms with Crippen LogP contribution in [0.5, 0.6) is 0 Å². The molecule has 0 spiro atoms. The highest BCUT2D eigenvalue weighted by molar-refractivity contribution is 7.17. The van der Waals surface area contributed by atoms with Crippen molar-refractivity contribution >= 4 is 22.8 Å². The predicted octanol–water partition coefficient (Wildman–Crippen LogP) is 3.31. The van der Waals surface area contributed by atoms with E-state index in [1.54, 1.807) is 0 Å². The second-order valence-corrected chi connectivity index (χ2v) is 5.39. The molecule has 3 nitrogen and oxygen atoms in total. The molecule has 0 aliphatic carbocycles. The Hall–Kier alpha value is -0.900. The van der Waals surface area contributed by atoms with Gasteiger partial charge in [0.15, 0.2) is 11.4 Å². The van der Waals surface area contributed by atoms with Crippen molar-refractivity contribution < 1.29 is 4.79 Å². The van der Waals surface area contributed by atoms with Gasteiger partial charge in [0.05, 0.1) is 10.6 Å². The molecule has 1 aromatic heterocycles. The van der Waals surface area contributed by atoms with Gasteiger partial charge >= 0.3 is 0 Å². The molecule has 0 bridgehead atoms. The van der Waals surface area contributed by atoms with Crippen LogP contribution in [0, 0.1) is 0 Å². The van der Waals surface area contributed by atoms with Gasteiger partial charge in [0.25, 0.3) is 0 Å². The molecule has 1 rings (SSSR count). The summed E-state index contributed by atoms with van der Waals surface area (Å²) >= 11 is 1.49. The molecule has 0 N–H and O–H groups in total. The van der Waals surface area contributed by atoms with Crippen LogP contribution in [0.1, 0.15) is 55.4 Å². The zero-order chi connectivity index (χ0) is 12.3. The van der Waals surface area contributed by atoms with Crippen molar-refractivity contribution in [1.29, 1.82) is 0 Å². The van der Waals surface area contributed by atoms with Gasteiger partial charge in [0, 0.05) is 13.1 Å². The number of aldehydes is 1. The van der Waals surface area contributed by atoms with Crippen LogP contribution >= 0.6 is 11.3 Å². The molecule has 1 atom stereocenters. The minimum absolute atomic E-state index is 0.353. The first-order valence-corrected chi connectivity index (χ1v) is 6.51. The zero-order valence-corrected chi connectivity index (χ0v) is 11.5. The molecule has 90 valence electrons. The van der Waals surface area contributed by atoms with E-state index in [0.29, 0.717) is 12.0 Å². The number of aromatic nitrogens is 1. The average molecular weight is 240 g/mol. The molecule has 16 heavy (non-hydrogen) atoms.